The van der Waals surface area contributed by atoms with E-state index in [1.54, 1.807) is 0 Å². The molecule has 1 aliphatic rings. The lowest BCUT2D eigenvalue weighted by Crippen LogP contribution is -2.46. The Hall–Kier alpha value is -1.73. The van der Waals surface area contributed by atoms with Crippen molar-refractivity contribution >= 4 is 0 Å². The van der Waals surface area contributed by atoms with Crippen LogP contribution in [0.4, 0.5) is 0 Å². The fraction of sp³-hybridized carbons (Fsp3) is 0.615. The van der Waals surface area contributed by atoms with Crippen LogP contribution in [0.2, 0.25) is 0 Å². The second kappa shape index (κ2) is 5.34. The molecule has 20 heavy (non-hydrogen) atoms. The predicted molar refractivity (Wildman–Crippen MR) is 72.9 cm³/mol. The summed E-state index contributed by atoms with van der Waals surface area (Å²) >= 11 is 0. The number of aryl methyl sites for hydroxylation is 2. The zero-order valence-corrected chi connectivity index (χ0v) is 12.2. The maximum atomic E-state index is 5.33. The van der Waals surface area contributed by atoms with E-state index in [2.05, 4.69) is 38.2 Å². The molecule has 1 fully saturated rings. The van der Waals surface area contributed by atoms with Crippen LogP contribution in [0.1, 0.15) is 23.5 Å². The van der Waals surface area contributed by atoms with Gasteiger partial charge < -0.3 is 4.52 Å². The number of piperazine rings is 1. The van der Waals surface area contributed by atoms with Gasteiger partial charge in [0, 0.05) is 39.4 Å². The van der Waals surface area contributed by atoms with E-state index in [-0.39, 0.29) is 6.04 Å². The number of hydrogen-bond acceptors (Lipinski definition) is 6. The van der Waals surface area contributed by atoms with E-state index < -0.39 is 0 Å². The molecule has 7 heteroatoms. The standard InChI is InChI=1S/C13H20N6O/c1-10-15-13(20-16-10)12-9-19(7-6-17(12)2)8-11-4-5-14-18(11)3/h4-5,12H,6-9H2,1-3H3/t12-/m0/s1. The number of aromatic nitrogens is 4. The van der Waals surface area contributed by atoms with E-state index in [1.165, 1.54) is 5.69 Å². The molecule has 7 nitrogen and oxygen atoms in total. The molecule has 0 amide bonds. The van der Waals surface area contributed by atoms with Crippen molar-refractivity contribution in [1.82, 2.24) is 29.7 Å². The summed E-state index contributed by atoms with van der Waals surface area (Å²) in [5.41, 5.74) is 1.22. The summed E-state index contributed by atoms with van der Waals surface area (Å²) in [7, 11) is 4.08. The third kappa shape index (κ3) is 2.59. The molecular formula is C13H20N6O. The molecule has 1 aliphatic heterocycles. The maximum absolute atomic E-state index is 5.33. The van der Waals surface area contributed by atoms with Gasteiger partial charge in [0.15, 0.2) is 5.82 Å². The average molecular weight is 276 g/mol. The average Bonchev–Trinajstić information content (AvgIpc) is 3.02. The Labute approximate surface area is 118 Å². The number of nitrogens with zero attached hydrogens (tertiary/aromatic N) is 6. The van der Waals surface area contributed by atoms with Crippen molar-refractivity contribution in [2.45, 2.75) is 19.5 Å². The summed E-state index contributed by atoms with van der Waals surface area (Å²) < 4.78 is 7.26. The highest BCUT2D eigenvalue weighted by molar-refractivity contribution is 5.02. The third-order valence-electron chi connectivity index (χ3n) is 3.87. The molecule has 2 aromatic heterocycles. The van der Waals surface area contributed by atoms with Gasteiger partial charge in [-0.05, 0) is 20.0 Å². The first-order valence-electron chi connectivity index (χ1n) is 6.83. The molecule has 0 N–H and O–H groups in total. The van der Waals surface area contributed by atoms with Crippen LogP contribution in [0.5, 0.6) is 0 Å². The fourth-order valence-corrected chi connectivity index (χ4v) is 2.57. The molecule has 0 unspecified atom stereocenters. The van der Waals surface area contributed by atoms with E-state index in [4.69, 9.17) is 4.52 Å². The molecule has 1 saturated heterocycles. The molecule has 0 saturated carbocycles. The van der Waals surface area contributed by atoms with Gasteiger partial charge in [0.1, 0.15) is 6.04 Å². The molecular weight excluding hydrogens is 256 g/mol. The SMILES string of the molecule is Cc1noc([C@@H]2CN(Cc3ccnn3C)CCN2C)n1. The van der Waals surface area contributed by atoms with Crippen LogP contribution < -0.4 is 0 Å². The van der Waals surface area contributed by atoms with Crippen molar-refractivity contribution < 1.29 is 4.52 Å². The molecule has 0 radical (unpaired) electrons. The minimum absolute atomic E-state index is 0.165. The van der Waals surface area contributed by atoms with Crippen molar-refractivity contribution in [2.24, 2.45) is 7.05 Å². The second-order valence-corrected chi connectivity index (χ2v) is 5.36. The molecule has 3 rings (SSSR count). The first kappa shape index (κ1) is 13.3. The molecule has 2 aromatic rings. The van der Waals surface area contributed by atoms with E-state index in [1.807, 2.05) is 24.9 Å². The Morgan fingerprint density at radius 2 is 2.20 bits per heavy atom. The molecule has 108 valence electrons. The van der Waals surface area contributed by atoms with Crippen molar-refractivity contribution in [2.75, 3.05) is 26.7 Å². The van der Waals surface area contributed by atoms with Gasteiger partial charge in [-0.15, -0.1) is 0 Å². The van der Waals surface area contributed by atoms with Gasteiger partial charge in [-0.3, -0.25) is 14.5 Å². The van der Waals surface area contributed by atoms with Crippen LogP contribution in [-0.4, -0.2) is 56.4 Å². The Kier molecular flexibility index (Phi) is 3.54. The predicted octanol–water partition coefficient (Wildman–Crippen LogP) is 0.600. The minimum Gasteiger partial charge on any atom is -0.338 e. The quantitative estimate of drug-likeness (QED) is 0.818. The highest BCUT2D eigenvalue weighted by Gasteiger charge is 2.30. The Balaban J connectivity index is 1.71. The lowest BCUT2D eigenvalue weighted by atomic mass is 10.1. The van der Waals surface area contributed by atoms with Gasteiger partial charge in [0.05, 0.1) is 5.69 Å². The Morgan fingerprint density at radius 3 is 2.85 bits per heavy atom. The summed E-state index contributed by atoms with van der Waals surface area (Å²) in [5.74, 6) is 1.40. The summed E-state index contributed by atoms with van der Waals surface area (Å²) in [6, 6.07) is 2.22. The third-order valence-corrected chi connectivity index (χ3v) is 3.87. The zero-order valence-electron chi connectivity index (χ0n) is 12.2. The monoisotopic (exact) mass is 276 g/mol. The lowest BCUT2D eigenvalue weighted by Gasteiger charge is -2.37. The molecule has 0 spiro atoms. The van der Waals surface area contributed by atoms with Gasteiger partial charge in [-0.25, -0.2) is 0 Å². The first-order chi connectivity index (χ1) is 9.63. The Bertz CT molecular complexity index is 577. The summed E-state index contributed by atoms with van der Waals surface area (Å²) in [5, 5.41) is 8.11. The minimum atomic E-state index is 0.165. The number of rotatable bonds is 3. The molecule has 1 atom stereocenters. The van der Waals surface area contributed by atoms with Crippen LogP contribution in [0.3, 0.4) is 0 Å². The van der Waals surface area contributed by atoms with Crippen molar-refractivity contribution in [3.05, 3.63) is 29.7 Å². The molecule has 0 aromatic carbocycles. The van der Waals surface area contributed by atoms with Gasteiger partial charge in [-0.2, -0.15) is 10.1 Å². The normalized spacial score (nSPS) is 21.4. The van der Waals surface area contributed by atoms with E-state index in [0.29, 0.717) is 11.7 Å². The van der Waals surface area contributed by atoms with Crippen molar-refractivity contribution in [1.29, 1.82) is 0 Å². The Morgan fingerprint density at radius 1 is 1.35 bits per heavy atom. The number of likely N-dealkylation sites (N-methyl/N-ethyl adjacent to an activating group) is 1. The summed E-state index contributed by atoms with van der Waals surface area (Å²) in [6.45, 7) is 5.66. The van der Waals surface area contributed by atoms with Crippen LogP contribution in [0.15, 0.2) is 16.8 Å². The van der Waals surface area contributed by atoms with Crippen LogP contribution in [0.25, 0.3) is 0 Å². The maximum Gasteiger partial charge on any atom is 0.245 e. The summed E-state index contributed by atoms with van der Waals surface area (Å²) in [4.78, 5) is 9.04. The van der Waals surface area contributed by atoms with Crippen LogP contribution >= 0.6 is 0 Å². The van der Waals surface area contributed by atoms with Crippen molar-refractivity contribution in [3.8, 4) is 0 Å². The smallest absolute Gasteiger partial charge is 0.245 e. The van der Waals surface area contributed by atoms with Gasteiger partial charge in [0.25, 0.3) is 0 Å². The lowest BCUT2D eigenvalue weighted by molar-refractivity contribution is 0.0700. The topological polar surface area (TPSA) is 63.2 Å². The van der Waals surface area contributed by atoms with E-state index in [9.17, 15) is 0 Å². The summed E-state index contributed by atoms with van der Waals surface area (Å²) in [6.07, 6.45) is 1.84. The molecule has 3 heterocycles. The van der Waals surface area contributed by atoms with Crippen molar-refractivity contribution in [3.63, 3.8) is 0 Å². The molecule has 0 aliphatic carbocycles. The van der Waals surface area contributed by atoms with Crippen LogP contribution in [-0.2, 0) is 13.6 Å². The van der Waals surface area contributed by atoms with Crippen LogP contribution in [0, 0.1) is 6.92 Å². The number of hydrogen-bond donors (Lipinski definition) is 0. The zero-order chi connectivity index (χ0) is 14.1. The first-order valence-corrected chi connectivity index (χ1v) is 6.83. The second-order valence-electron chi connectivity index (χ2n) is 5.36. The fourth-order valence-electron chi connectivity index (χ4n) is 2.57. The van der Waals surface area contributed by atoms with E-state index in [0.717, 1.165) is 26.2 Å². The van der Waals surface area contributed by atoms with Gasteiger partial charge in [0.2, 0.25) is 5.89 Å². The van der Waals surface area contributed by atoms with Gasteiger partial charge in [-0.1, -0.05) is 5.16 Å². The molecule has 0 bridgehead atoms. The highest BCUT2D eigenvalue weighted by atomic mass is 16.5. The van der Waals surface area contributed by atoms with Gasteiger partial charge >= 0.3 is 0 Å². The highest BCUT2D eigenvalue weighted by Crippen LogP contribution is 2.23. The van der Waals surface area contributed by atoms with E-state index >= 15 is 0 Å². The largest absolute Gasteiger partial charge is 0.338 e.